The second kappa shape index (κ2) is 12.4. The van der Waals surface area contributed by atoms with Crippen molar-refractivity contribution in [3.8, 4) is 0 Å². The highest BCUT2D eigenvalue weighted by atomic mass is 16.5. The molecule has 0 bridgehead atoms. The number of ether oxygens (including phenoxy) is 3. The summed E-state index contributed by atoms with van der Waals surface area (Å²) in [7, 11) is 2.05. The molecule has 0 radical (unpaired) electrons. The van der Waals surface area contributed by atoms with Crippen LogP contribution in [0.3, 0.4) is 0 Å². The summed E-state index contributed by atoms with van der Waals surface area (Å²) in [6.07, 6.45) is 8.95. The van der Waals surface area contributed by atoms with E-state index in [2.05, 4.69) is 19.3 Å². The van der Waals surface area contributed by atoms with Crippen LogP contribution in [0.25, 0.3) is 0 Å². The Kier molecular flexibility index (Phi) is 11.1. The van der Waals surface area contributed by atoms with Crippen molar-refractivity contribution in [1.29, 1.82) is 0 Å². The molecular weight excluding hydrogens is 266 g/mol. The average Bonchev–Trinajstić information content (AvgIpc) is 2.94. The van der Waals surface area contributed by atoms with E-state index >= 15 is 0 Å². The molecule has 4 heteroatoms. The van der Waals surface area contributed by atoms with Gasteiger partial charge in [-0.1, -0.05) is 26.2 Å². The van der Waals surface area contributed by atoms with Gasteiger partial charge in [-0.2, -0.15) is 0 Å². The molecule has 1 aliphatic rings. The van der Waals surface area contributed by atoms with Gasteiger partial charge < -0.3 is 19.5 Å². The standard InChI is InChI=1S/C17H35NO3/c1-3-4-10-19-12-14-21-15-13-20-11-9-17(16-18-2)7-5-6-8-17/h18H,3-16H2,1-2H3. The van der Waals surface area contributed by atoms with Gasteiger partial charge in [0, 0.05) is 19.8 Å². The van der Waals surface area contributed by atoms with E-state index in [9.17, 15) is 0 Å². The molecule has 0 aromatic heterocycles. The van der Waals surface area contributed by atoms with Crippen LogP contribution in [0.5, 0.6) is 0 Å². The smallest absolute Gasteiger partial charge is 0.0701 e. The molecule has 21 heavy (non-hydrogen) atoms. The largest absolute Gasteiger partial charge is 0.379 e. The van der Waals surface area contributed by atoms with Gasteiger partial charge in [-0.05, 0) is 38.1 Å². The van der Waals surface area contributed by atoms with E-state index in [-0.39, 0.29) is 0 Å². The van der Waals surface area contributed by atoms with Crippen molar-refractivity contribution >= 4 is 0 Å². The second-order valence-electron chi connectivity index (χ2n) is 6.18. The van der Waals surface area contributed by atoms with Crippen molar-refractivity contribution in [2.75, 3.05) is 53.2 Å². The van der Waals surface area contributed by atoms with Crippen LogP contribution in [-0.2, 0) is 14.2 Å². The zero-order valence-corrected chi connectivity index (χ0v) is 14.1. The maximum atomic E-state index is 5.72. The molecule has 126 valence electrons. The molecule has 1 aliphatic carbocycles. The first-order valence-corrected chi connectivity index (χ1v) is 8.71. The van der Waals surface area contributed by atoms with Crippen LogP contribution in [-0.4, -0.2) is 53.2 Å². The fourth-order valence-electron chi connectivity index (χ4n) is 3.09. The minimum Gasteiger partial charge on any atom is -0.379 e. The molecule has 0 amide bonds. The van der Waals surface area contributed by atoms with E-state index in [1.807, 2.05) is 0 Å². The number of hydrogen-bond donors (Lipinski definition) is 1. The van der Waals surface area contributed by atoms with E-state index in [4.69, 9.17) is 14.2 Å². The normalized spacial score (nSPS) is 17.4. The molecular formula is C17H35NO3. The average molecular weight is 301 g/mol. The maximum absolute atomic E-state index is 5.72. The molecule has 0 spiro atoms. The fourth-order valence-corrected chi connectivity index (χ4v) is 3.09. The Balaban J connectivity index is 1.88. The van der Waals surface area contributed by atoms with E-state index in [1.54, 1.807) is 0 Å². The summed E-state index contributed by atoms with van der Waals surface area (Å²) in [4.78, 5) is 0. The van der Waals surface area contributed by atoms with Gasteiger partial charge in [0.05, 0.1) is 26.4 Å². The Morgan fingerprint density at radius 1 is 0.857 bits per heavy atom. The van der Waals surface area contributed by atoms with Crippen molar-refractivity contribution in [3.63, 3.8) is 0 Å². The van der Waals surface area contributed by atoms with Crippen molar-refractivity contribution in [1.82, 2.24) is 5.32 Å². The van der Waals surface area contributed by atoms with Gasteiger partial charge >= 0.3 is 0 Å². The zero-order valence-electron chi connectivity index (χ0n) is 14.1. The summed E-state index contributed by atoms with van der Waals surface area (Å²) in [6.45, 7) is 7.76. The third-order valence-corrected chi connectivity index (χ3v) is 4.38. The lowest BCUT2D eigenvalue weighted by Gasteiger charge is -2.28. The highest BCUT2D eigenvalue weighted by Gasteiger charge is 2.32. The van der Waals surface area contributed by atoms with E-state index in [0.717, 1.165) is 26.2 Å². The monoisotopic (exact) mass is 301 g/mol. The molecule has 1 rings (SSSR count). The lowest BCUT2D eigenvalue weighted by atomic mass is 9.83. The van der Waals surface area contributed by atoms with Crippen LogP contribution in [0, 0.1) is 5.41 Å². The summed E-state index contributed by atoms with van der Waals surface area (Å²) in [5.74, 6) is 0. The first-order chi connectivity index (χ1) is 10.3. The second-order valence-corrected chi connectivity index (χ2v) is 6.18. The van der Waals surface area contributed by atoms with Gasteiger partial charge in [-0.25, -0.2) is 0 Å². The Hall–Kier alpha value is -0.160. The van der Waals surface area contributed by atoms with Crippen molar-refractivity contribution in [2.24, 2.45) is 5.41 Å². The Labute approximate surface area is 130 Å². The summed E-state index contributed by atoms with van der Waals surface area (Å²) in [6, 6.07) is 0. The molecule has 0 heterocycles. The lowest BCUT2D eigenvalue weighted by Crippen LogP contribution is -2.31. The van der Waals surface area contributed by atoms with Gasteiger partial charge in [-0.15, -0.1) is 0 Å². The summed E-state index contributed by atoms with van der Waals surface area (Å²) in [5.41, 5.74) is 0.489. The van der Waals surface area contributed by atoms with E-state index in [0.29, 0.717) is 31.8 Å². The van der Waals surface area contributed by atoms with Gasteiger partial charge in [0.25, 0.3) is 0 Å². The molecule has 0 unspecified atom stereocenters. The molecule has 0 aromatic rings. The molecule has 0 saturated heterocycles. The molecule has 1 saturated carbocycles. The van der Waals surface area contributed by atoms with Crippen LogP contribution in [0.4, 0.5) is 0 Å². The first kappa shape index (κ1) is 18.9. The molecule has 0 aliphatic heterocycles. The zero-order chi connectivity index (χ0) is 15.2. The third kappa shape index (κ3) is 8.77. The predicted octanol–water partition coefficient (Wildman–Crippen LogP) is 3.01. The molecule has 0 aromatic carbocycles. The molecule has 0 atom stereocenters. The quantitative estimate of drug-likeness (QED) is 0.501. The predicted molar refractivity (Wildman–Crippen MR) is 86.8 cm³/mol. The topological polar surface area (TPSA) is 39.7 Å². The first-order valence-electron chi connectivity index (χ1n) is 8.71. The summed E-state index contributed by atoms with van der Waals surface area (Å²) >= 11 is 0. The molecule has 1 fully saturated rings. The minimum atomic E-state index is 0.489. The third-order valence-electron chi connectivity index (χ3n) is 4.38. The lowest BCUT2D eigenvalue weighted by molar-refractivity contribution is 0.00806. The number of rotatable bonds is 14. The van der Waals surface area contributed by atoms with Gasteiger partial charge in [0.2, 0.25) is 0 Å². The van der Waals surface area contributed by atoms with Crippen LogP contribution >= 0.6 is 0 Å². The Morgan fingerprint density at radius 3 is 2.00 bits per heavy atom. The fraction of sp³-hybridized carbons (Fsp3) is 1.00. The molecule has 4 nitrogen and oxygen atoms in total. The number of hydrogen-bond acceptors (Lipinski definition) is 4. The van der Waals surface area contributed by atoms with Crippen molar-refractivity contribution < 1.29 is 14.2 Å². The highest BCUT2D eigenvalue weighted by molar-refractivity contribution is 4.86. The Bertz CT molecular complexity index is 230. The summed E-state index contributed by atoms with van der Waals surface area (Å²) < 4.78 is 16.7. The van der Waals surface area contributed by atoms with Gasteiger partial charge in [0.15, 0.2) is 0 Å². The van der Waals surface area contributed by atoms with Crippen molar-refractivity contribution in [3.05, 3.63) is 0 Å². The van der Waals surface area contributed by atoms with Crippen molar-refractivity contribution in [2.45, 2.75) is 51.9 Å². The van der Waals surface area contributed by atoms with Crippen LogP contribution in [0.15, 0.2) is 0 Å². The maximum Gasteiger partial charge on any atom is 0.0701 e. The van der Waals surface area contributed by atoms with Gasteiger partial charge in [-0.3, -0.25) is 0 Å². The van der Waals surface area contributed by atoms with Crippen LogP contribution in [0.1, 0.15) is 51.9 Å². The van der Waals surface area contributed by atoms with E-state index < -0.39 is 0 Å². The molecule has 1 N–H and O–H groups in total. The number of nitrogens with one attached hydrogen (secondary N) is 1. The number of unbranched alkanes of at least 4 members (excludes halogenated alkanes) is 1. The van der Waals surface area contributed by atoms with Gasteiger partial charge in [0.1, 0.15) is 0 Å². The SMILES string of the molecule is CCCCOCCOCCOCCC1(CNC)CCCC1. The van der Waals surface area contributed by atoms with Crippen LogP contribution < -0.4 is 5.32 Å². The van der Waals surface area contributed by atoms with Crippen LogP contribution in [0.2, 0.25) is 0 Å². The summed E-state index contributed by atoms with van der Waals surface area (Å²) in [5, 5.41) is 3.35. The van der Waals surface area contributed by atoms with E-state index in [1.165, 1.54) is 38.5 Å². The highest BCUT2D eigenvalue weighted by Crippen LogP contribution is 2.40. The minimum absolute atomic E-state index is 0.489. The Morgan fingerprint density at radius 2 is 1.43 bits per heavy atom.